The number of hydrogen-bond donors (Lipinski definition) is 2. The molecule has 1 aliphatic carbocycles. The Morgan fingerprint density at radius 1 is 1.50 bits per heavy atom. The SMILES string of the molecule is Cc1noc(C)c1CCC(=O)NCC1(O)CCC1. The maximum absolute atomic E-state index is 11.7. The largest absolute Gasteiger partial charge is 0.388 e. The summed E-state index contributed by atoms with van der Waals surface area (Å²) in [6.07, 6.45) is 3.66. The van der Waals surface area contributed by atoms with E-state index in [-0.39, 0.29) is 5.91 Å². The van der Waals surface area contributed by atoms with Gasteiger partial charge in [0.25, 0.3) is 0 Å². The van der Waals surface area contributed by atoms with Crippen LogP contribution in [0.1, 0.15) is 42.7 Å². The van der Waals surface area contributed by atoms with Crippen molar-refractivity contribution in [2.45, 2.75) is 51.6 Å². The summed E-state index contributed by atoms with van der Waals surface area (Å²) in [5.74, 6) is 0.744. The molecule has 5 nitrogen and oxygen atoms in total. The first kappa shape index (κ1) is 13.1. The van der Waals surface area contributed by atoms with Gasteiger partial charge in [-0.05, 0) is 39.5 Å². The number of rotatable bonds is 5. The zero-order valence-corrected chi connectivity index (χ0v) is 11.0. The molecule has 1 aliphatic rings. The predicted molar refractivity (Wildman–Crippen MR) is 66.1 cm³/mol. The van der Waals surface area contributed by atoms with Crippen LogP contribution in [0, 0.1) is 13.8 Å². The molecule has 1 aromatic rings. The normalized spacial score (nSPS) is 17.3. The van der Waals surface area contributed by atoms with Gasteiger partial charge in [-0.15, -0.1) is 0 Å². The number of aromatic nitrogens is 1. The molecule has 18 heavy (non-hydrogen) atoms. The van der Waals surface area contributed by atoms with Gasteiger partial charge in [0.15, 0.2) is 0 Å². The number of aryl methyl sites for hydroxylation is 2. The van der Waals surface area contributed by atoms with Crippen LogP contribution in [0.3, 0.4) is 0 Å². The maximum Gasteiger partial charge on any atom is 0.220 e. The number of nitrogens with zero attached hydrogens (tertiary/aromatic N) is 1. The van der Waals surface area contributed by atoms with Gasteiger partial charge in [-0.2, -0.15) is 0 Å². The van der Waals surface area contributed by atoms with E-state index in [0.717, 1.165) is 36.3 Å². The van der Waals surface area contributed by atoms with E-state index in [0.29, 0.717) is 19.4 Å². The summed E-state index contributed by atoms with van der Waals surface area (Å²) in [6.45, 7) is 4.10. The minimum absolute atomic E-state index is 0.0321. The molecule has 1 fully saturated rings. The minimum atomic E-state index is -0.654. The van der Waals surface area contributed by atoms with Gasteiger partial charge < -0.3 is 14.9 Å². The van der Waals surface area contributed by atoms with Crippen molar-refractivity contribution in [2.75, 3.05) is 6.54 Å². The van der Waals surface area contributed by atoms with Crippen LogP contribution in [0.4, 0.5) is 0 Å². The van der Waals surface area contributed by atoms with Crippen LogP contribution in [0.15, 0.2) is 4.52 Å². The lowest BCUT2D eigenvalue weighted by Crippen LogP contribution is -2.47. The zero-order valence-electron chi connectivity index (χ0n) is 11.0. The lowest BCUT2D eigenvalue weighted by molar-refractivity contribution is -0.123. The lowest BCUT2D eigenvalue weighted by Gasteiger charge is -2.36. The molecule has 0 radical (unpaired) electrons. The first-order valence-corrected chi connectivity index (χ1v) is 6.41. The molecule has 0 unspecified atom stereocenters. The molecule has 5 heteroatoms. The van der Waals surface area contributed by atoms with Crippen molar-refractivity contribution in [3.63, 3.8) is 0 Å². The number of nitrogens with one attached hydrogen (secondary N) is 1. The Morgan fingerprint density at radius 2 is 2.22 bits per heavy atom. The molecule has 0 saturated heterocycles. The van der Waals surface area contributed by atoms with Crippen molar-refractivity contribution < 1.29 is 14.4 Å². The Kier molecular flexibility index (Phi) is 3.71. The van der Waals surface area contributed by atoms with E-state index >= 15 is 0 Å². The van der Waals surface area contributed by atoms with Gasteiger partial charge in [0, 0.05) is 18.5 Å². The summed E-state index contributed by atoms with van der Waals surface area (Å²) in [7, 11) is 0. The molecular formula is C13H20N2O3. The first-order chi connectivity index (χ1) is 8.50. The van der Waals surface area contributed by atoms with Crippen molar-refractivity contribution >= 4 is 5.91 Å². The van der Waals surface area contributed by atoms with Crippen LogP contribution in [0.2, 0.25) is 0 Å². The predicted octanol–water partition coefficient (Wildman–Crippen LogP) is 1.26. The fourth-order valence-corrected chi connectivity index (χ4v) is 2.21. The third-order valence-electron chi connectivity index (χ3n) is 3.68. The third kappa shape index (κ3) is 2.90. The maximum atomic E-state index is 11.7. The molecule has 0 spiro atoms. The van der Waals surface area contributed by atoms with Crippen LogP contribution in [-0.2, 0) is 11.2 Å². The van der Waals surface area contributed by atoms with E-state index in [9.17, 15) is 9.90 Å². The monoisotopic (exact) mass is 252 g/mol. The van der Waals surface area contributed by atoms with Gasteiger partial charge in [-0.3, -0.25) is 4.79 Å². The summed E-state index contributed by atoms with van der Waals surface area (Å²) in [5.41, 5.74) is 1.20. The van der Waals surface area contributed by atoms with Crippen LogP contribution < -0.4 is 5.32 Å². The van der Waals surface area contributed by atoms with Gasteiger partial charge >= 0.3 is 0 Å². The van der Waals surface area contributed by atoms with Gasteiger partial charge in [-0.25, -0.2) is 0 Å². The van der Waals surface area contributed by atoms with E-state index in [4.69, 9.17) is 4.52 Å². The van der Waals surface area contributed by atoms with Crippen molar-refractivity contribution in [1.82, 2.24) is 10.5 Å². The lowest BCUT2D eigenvalue weighted by atomic mass is 9.80. The quantitative estimate of drug-likeness (QED) is 0.827. The Bertz CT molecular complexity index is 416. The topological polar surface area (TPSA) is 75.4 Å². The zero-order chi connectivity index (χ0) is 13.2. The molecule has 1 saturated carbocycles. The molecule has 0 aromatic carbocycles. The first-order valence-electron chi connectivity index (χ1n) is 6.41. The standard InChI is InChI=1S/C13H20N2O3/c1-9-11(10(2)18-15-9)4-5-12(16)14-8-13(17)6-3-7-13/h17H,3-8H2,1-2H3,(H,14,16). The number of hydrogen-bond acceptors (Lipinski definition) is 4. The fourth-order valence-electron chi connectivity index (χ4n) is 2.21. The molecule has 0 aliphatic heterocycles. The van der Waals surface area contributed by atoms with Gasteiger partial charge in [0.05, 0.1) is 11.3 Å². The third-order valence-corrected chi connectivity index (χ3v) is 3.68. The minimum Gasteiger partial charge on any atom is -0.388 e. The van der Waals surface area contributed by atoms with Crippen molar-refractivity contribution in [3.8, 4) is 0 Å². The average Bonchev–Trinajstić information content (AvgIpc) is 2.61. The molecule has 100 valence electrons. The summed E-state index contributed by atoms with van der Waals surface area (Å²) in [6, 6.07) is 0. The summed E-state index contributed by atoms with van der Waals surface area (Å²) in [5, 5.41) is 16.5. The average molecular weight is 252 g/mol. The van der Waals surface area contributed by atoms with Crippen LogP contribution in [0.5, 0.6) is 0 Å². The van der Waals surface area contributed by atoms with Crippen LogP contribution >= 0.6 is 0 Å². The van der Waals surface area contributed by atoms with E-state index in [1.165, 1.54) is 0 Å². The van der Waals surface area contributed by atoms with E-state index in [1.807, 2.05) is 13.8 Å². The Balaban J connectivity index is 1.75. The summed E-state index contributed by atoms with van der Waals surface area (Å²) >= 11 is 0. The second-order valence-electron chi connectivity index (χ2n) is 5.16. The highest BCUT2D eigenvalue weighted by molar-refractivity contribution is 5.76. The van der Waals surface area contributed by atoms with Gasteiger partial charge in [0.1, 0.15) is 5.76 Å². The van der Waals surface area contributed by atoms with E-state index < -0.39 is 5.60 Å². The molecule has 0 atom stereocenters. The Morgan fingerprint density at radius 3 is 2.72 bits per heavy atom. The smallest absolute Gasteiger partial charge is 0.220 e. The summed E-state index contributed by atoms with van der Waals surface area (Å²) < 4.78 is 5.05. The molecule has 1 amide bonds. The Labute approximate surface area is 107 Å². The molecular weight excluding hydrogens is 232 g/mol. The van der Waals surface area contributed by atoms with Crippen LogP contribution in [0.25, 0.3) is 0 Å². The Hall–Kier alpha value is -1.36. The van der Waals surface area contributed by atoms with Crippen molar-refractivity contribution in [3.05, 3.63) is 17.0 Å². The molecule has 0 bridgehead atoms. The fraction of sp³-hybridized carbons (Fsp3) is 0.692. The molecule has 1 aromatic heterocycles. The second-order valence-corrected chi connectivity index (χ2v) is 5.16. The van der Waals surface area contributed by atoms with E-state index in [2.05, 4.69) is 10.5 Å². The number of carbonyl (C=O) groups excluding carboxylic acids is 1. The second kappa shape index (κ2) is 5.10. The number of carbonyl (C=O) groups is 1. The molecule has 2 rings (SSSR count). The van der Waals surface area contributed by atoms with E-state index in [1.54, 1.807) is 0 Å². The van der Waals surface area contributed by atoms with Crippen molar-refractivity contribution in [1.29, 1.82) is 0 Å². The number of amides is 1. The molecule has 2 N–H and O–H groups in total. The van der Waals surface area contributed by atoms with Crippen molar-refractivity contribution in [2.24, 2.45) is 0 Å². The van der Waals surface area contributed by atoms with Crippen LogP contribution in [-0.4, -0.2) is 28.3 Å². The summed E-state index contributed by atoms with van der Waals surface area (Å²) in [4.78, 5) is 11.7. The van der Waals surface area contributed by atoms with Gasteiger partial charge in [-0.1, -0.05) is 5.16 Å². The number of aliphatic hydroxyl groups is 1. The highest BCUT2D eigenvalue weighted by Gasteiger charge is 2.34. The highest BCUT2D eigenvalue weighted by atomic mass is 16.5. The molecule has 1 heterocycles. The van der Waals surface area contributed by atoms with Gasteiger partial charge in [0.2, 0.25) is 5.91 Å². The highest BCUT2D eigenvalue weighted by Crippen LogP contribution is 2.30.